The molecule has 1 saturated heterocycles. The second-order valence-corrected chi connectivity index (χ2v) is 6.92. The standard InChI is InChI=1S/C18H21ClFN9O3/c19-13-9-12(1-2-14(13)20)25-17(26-30)16-15(27-32-28-16)10-23-18(24-11-21)22-3-4-29-5-7-31-8-6-29/h1-2,9,30H,3-8,10H2,(H,25,26)(H2,22,23,24). The molecule has 1 aromatic carbocycles. The highest BCUT2D eigenvalue weighted by Gasteiger charge is 2.17. The summed E-state index contributed by atoms with van der Waals surface area (Å²) in [4.78, 5) is 10.7. The van der Waals surface area contributed by atoms with E-state index in [4.69, 9.17) is 26.2 Å². The normalized spacial score (nSPS) is 15.3. The maximum absolute atomic E-state index is 13.3. The maximum atomic E-state index is 13.3. The number of hydrogen-bond donors (Lipinski definition) is 4. The van der Waals surface area contributed by atoms with Crippen molar-refractivity contribution >= 4 is 29.1 Å². The summed E-state index contributed by atoms with van der Waals surface area (Å²) in [6.07, 6.45) is 1.82. The second kappa shape index (κ2) is 11.9. The number of guanidine groups is 1. The number of amidine groups is 1. The van der Waals surface area contributed by atoms with Crippen LogP contribution in [0.1, 0.15) is 11.4 Å². The van der Waals surface area contributed by atoms with Crippen molar-refractivity contribution in [2.75, 3.05) is 39.4 Å². The molecule has 0 amide bonds. The van der Waals surface area contributed by atoms with Gasteiger partial charge in [0.25, 0.3) is 0 Å². The third-order valence-electron chi connectivity index (χ3n) is 4.42. The van der Waals surface area contributed by atoms with Gasteiger partial charge in [-0.3, -0.25) is 20.9 Å². The molecule has 0 atom stereocenters. The molecule has 12 nitrogen and oxygen atoms in total. The molecular weight excluding hydrogens is 445 g/mol. The minimum Gasteiger partial charge on any atom is -0.379 e. The fourth-order valence-electron chi connectivity index (χ4n) is 2.81. The van der Waals surface area contributed by atoms with E-state index >= 15 is 0 Å². The lowest BCUT2D eigenvalue weighted by Gasteiger charge is -2.26. The monoisotopic (exact) mass is 465 g/mol. The topological polar surface area (TPSA) is 156 Å². The Morgan fingerprint density at radius 1 is 1.34 bits per heavy atom. The number of rotatable bonds is 7. The van der Waals surface area contributed by atoms with Gasteiger partial charge in [-0.05, 0) is 23.4 Å². The maximum Gasteiger partial charge on any atom is 0.205 e. The van der Waals surface area contributed by atoms with Gasteiger partial charge in [-0.25, -0.2) is 19.0 Å². The van der Waals surface area contributed by atoms with Crippen molar-refractivity contribution in [2.45, 2.75) is 6.54 Å². The highest BCUT2D eigenvalue weighted by molar-refractivity contribution is 6.31. The van der Waals surface area contributed by atoms with Crippen molar-refractivity contribution in [1.82, 2.24) is 31.3 Å². The first-order valence-electron chi connectivity index (χ1n) is 9.60. The van der Waals surface area contributed by atoms with Crippen LogP contribution in [-0.4, -0.2) is 71.6 Å². The molecule has 0 radical (unpaired) electrons. The van der Waals surface area contributed by atoms with Gasteiger partial charge >= 0.3 is 0 Å². The second-order valence-electron chi connectivity index (χ2n) is 6.51. The molecule has 1 aliphatic heterocycles. The molecule has 0 unspecified atom stereocenters. The Hall–Kier alpha value is -3.31. The summed E-state index contributed by atoms with van der Waals surface area (Å²) in [7, 11) is 0. The van der Waals surface area contributed by atoms with Crippen LogP contribution < -0.4 is 16.1 Å². The Balaban J connectivity index is 1.67. The largest absolute Gasteiger partial charge is 0.379 e. The van der Waals surface area contributed by atoms with Gasteiger partial charge in [-0.1, -0.05) is 16.8 Å². The first-order chi connectivity index (χ1) is 15.6. The molecule has 1 aliphatic rings. The summed E-state index contributed by atoms with van der Waals surface area (Å²) in [5.74, 6) is -0.453. The van der Waals surface area contributed by atoms with Gasteiger partial charge < -0.3 is 10.1 Å². The van der Waals surface area contributed by atoms with Crippen molar-refractivity contribution < 1.29 is 19.0 Å². The minimum atomic E-state index is -0.596. The van der Waals surface area contributed by atoms with E-state index in [2.05, 4.69) is 35.8 Å². The molecule has 32 heavy (non-hydrogen) atoms. The number of ether oxygens (including phenoxy) is 1. The molecule has 14 heteroatoms. The van der Waals surface area contributed by atoms with Crippen LogP contribution >= 0.6 is 11.6 Å². The lowest BCUT2D eigenvalue weighted by atomic mass is 10.3. The molecule has 0 aliphatic carbocycles. The Kier molecular flexibility index (Phi) is 8.70. The Morgan fingerprint density at radius 3 is 2.88 bits per heavy atom. The number of nitrogens with one attached hydrogen (secondary N) is 3. The number of morpholine rings is 1. The summed E-state index contributed by atoms with van der Waals surface area (Å²) >= 11 is 5.76. The van der Waals surface area contributed by atoms with E-state index in [0.29, 0.717) is 19.8 Å². The summed E-state index contributed by atoms with van der Waals surface area (Å²) in [5, 5.41) is 31.4. The minimum absolute atomic E-state index is 0.0295. The Labute approximate surface area is 187 Å². The van der Waals surface area contributed by atoms with Crippen LogP contribution in [0.3, 0.4) is 0 Å². The van der Waals surface area contributed by atoms with Gasteiger partial charge in [0.2, 0.25) is 5.96 Å². The fraction of sp³-hybridized carbons (Fsp3) is 0.389. The van der Waals surface area contributed by atoms with Crippen molar-refractivity contribution in [3.8, 4) is 6.19 Å². The first kappa shape index (κ1) is 23.4. The number of hydrogen-bond acceptors (Lipinski definition) is 9. The van der Waals surface area contributed by atoms with E-state index in [1.165, 1.54) is 12.1 Å². The summed E-state index contributed by atoms with van der Waals surface area (Å²) in [6, 6.07) is 3.80. The highest BCUT2D eigenvalue weighted by Crippen LogP contribution is 2.22. The van der Waals surface area contributed by atoms with Gasteiger partial charge in [0.15, 0.2) is 17.7 Å². The smallest absolute Gasteiger partial charge is 0.205 e. The molecule has 3 rings (SSSR count). The lowest BCUT2D eigenvalue weighted by molar-refractivity contribution is 0.0389. The molecule has 1 fully saturated rings. The van der Waals surface area contributed by atoms with Crippen LogP contribution in [0.4, 0.5) is 10.1 Å². The van der Waals surface area contributed by atoms with Gasteiger partial charge in [-0.15, -0.1) is 0 Å². The molecular formula is C18H21ClFN9O3. The van der Waals surface area contributed by atoms with E-state index in [0.717, 1.165) is 25.7 Å². The number of nitriles is 1. The van der Waals surface area contributed by atoms with Crippen LogP contribution in [0, 0.1) is 17.3 Å². The van der Waals surface area contributed by atoms with E-state index in [-0.39, 0.29) is 40.4 Å². The van der Waals surface area contributed by atoms with Gasteiger partial charge in [0, 0.05) is 26.2 Å². The van der Waals surface area contributed by atoms with Crippen molar-refractivity contribution in [3.63, 3.8) is 0 Å². The Morgan fingerprint density at radius 2 is 2.16 bits per heavy atom. The zero-order chi connectivity index (χ0) is 22.8. The van der Waals surface area contributed by atoms with E-state index in [1.54, 1.807) is 0 Å². The third kappa shape index (κ3) is 6.59. The molecule has 1 aromatic heterocycles. The average molecular weight is 466 g/mol. The summed E-state index contributed by atoms with van der Waals surface area (Å²) in [5.41, 5.74) is 2.51. The fourth-order valence-corrected chi connectivity index (χ4v) is 2.98. The van der Waals surface area contributed by atoms with Gasteiger partial charge in [-0.2, -0.15) is 5.26 Å². The van der Waals surface area contributed by atoms with Crippen molar-refractivity contribution in [3.05, 3.63) is 40.4 Å². The predicted molar refractivity (Wildman–Crippen MR) is 112 cm³/mol. The van der Waals surface area contributed by atoms with E-state index in [1.807, 2.05) is 11.7 Å². The molecule has 0 bridgehead atoms. The van der Waals surface area contributed by atoms with Crippen LogP contribution in [0.15, 0.2) is 32.8 Å². The van der Waals surface area contributed by atoms with Crippen LogP contribution in [0.2, 0.25) is 5.02 Å². The van der Waals surface area contributed by atoms with E-state index in [9.17, 15) is 9.60 Å². The van der Waals surface area contributed by atoms with E-state index < -0.39 is 5.82 Å². The van der Waals surface area contributed by atoms with Gasteiger partial charge in [0.1, 0.15) is 11.5 Å². The molecule has 2 aromatic rings. The van der Waals surface area contributed by atoms with Gasteiger partial charge in [0.05, 0.1) is 30.5 Å². The number of aromatic nitrogens is 2. The number of hydroxylamine groups is 1. The van der Waals surface area contributed by atoms with Crippen LogP contribution in [0.5, 0.6) is 0 Å². The number of halogens is 2. The molecule has 0 spiro atoms. The summed E-state index contributed by atoms with van der Waals surface area (Å²) in [6.45, 7) is 4.40. The molecule has 4 N–H and O–H groups in total. The number of nitrogens with zero attached hydrogens (tertiary/aromatic N) is 6. The number of benzene rings is 1. The molecule has 2 heterocycles. The third-order valence-corrected chi connectivity index (χ3v) is 4.71. The summed E-state index contributed by atoms with van der Waals surface area (Å²) < 4.78 is 23.4. The SMILES string of the molecule is N#CNC(=NCc1nonc1C(=Nc1ccc(F)c(Cl)c1)NO)NCCN1CCOCC1. The predicted octanol–water partition coefficient (Wildman–Crippen LogP) is 0.768. The first-order valence-corrected chi connectivity index (χ1v) is 9.97. The average Bonchev–Trinajstić information content (AvgIpc) is 3.27. The zero-order valence-electron chi connectivity index (χ0n) is 16.9. The van der Waals surface area contributed by atoms with Crippen LogP contribution in [0.25, 0.3) is 0 Å². The molecule has 0 saturated carbocycles. The number of aliphatic imine (C=N–C) groups is 2. The lowest BCUT2D eigenvalue weighted by Crippen LogP contribution is -2.43. The van der Waals surface area contributed by atoms with Crippen molar-refractivity contribution in [2.24, 2.45) is 9.98 Å². The Bertz CT molecular complexity index is 1000. The van der Waals surface area contributed by atoms with Crippen LogP contribution in [-0.2, 0) is 11.3 Å². The van der Waals surface area contributed by atoms with Crippen molar-refractivity contribution in [1.29, 1.82) is 5.26 Å². The quantitative estimate of drug-likeness (QED) is 0.151. The highest BCUT2D eigenvalue weighted by atomic mass is 35.5. The molecule has 170 valence electrons. The zero-order valence-corrected chi connectivity index (χ0v) is 17.6.